The van der Waals surface area contributed by atoms with Gasteiger partial charge in [-0.05, 0) is 12.1 Å². The summed E-state index contributed by atoms with van der Waals surface area (Å²) in [6.45, 7) is 4.78. The lowest BCUT2D eigenvalue weighted by molar-refractivity contribution is 0.0684. The third-order valence-electron chi connectivity index (χ3n) is 5.10. The molecule has 2 aliphatic heterocycles. The van der Waals surface area contributed by atoms with E-state index < -0.39 is 10.2 Å². The fourth-order valence-corrected chi connectivity index (χ4v) is 5.31. The fourth-order valence-electron chi connectivity index (χ4n) is 3.55. The molecule has 2 aliphatic rings. The van der Waals surface area contributed by atoms with Gasteiger partial charge in [0.25, 0.3) is 10.2 Å². The highest BCUT2D eigenvalue weighted by Gasteiger charge is 2.33. The molecule has 0 unspecified atom stereocenters. The van der Waals surface area contributed by atoms with Crippen LogP contribution in [-0.4, -0.2) is 79.4 Å². The van der Waals surface area contributed by atoms with Crippen molar-refractivity contribution in [3.8, 4) is 0 Å². The summed E-state index contributed by atoms with van der Waals surface area (Å²) in [5, 5.41) is 1.57. The molecule has 27 heavy (non-hydrogen) atoms. The molecule has 0 amide bonds. The molecular formula is C18H23ClN4O3S. The summed E-state index contributed by atoms with van der Waals surface area (Å²) < 4.78 is 33.9. The molecule has 0 aliphatic carbocycles. The molecule has 0 N–H and O–H groups in total. The van der Waals surface area contributed by atoms with Crippen LogP contribution < -0.4 is 0 Å². The minimum atomic E-state index is -3.40. The lowest BCUT2D eigenvalue weighted by atomic mass is 10.1. The van der Waals surface area contributed by atoms with Gasteiger partial charge in [-0.2, -0.15) is 17.0 Å². The predicted octanol–water partition coefficient (Wildman–Crippen LogP) is 1.58. The largest absolute Gasteiger partial charge is 0.379 e. The first-order chi connectivity index (χ1) is 13.0. The molecule has 146 valence electrons. The van der Waals surface area contributed by atoms with E-state index in [9.17, 15) is 8.42 Å². The predicted molar refractivity (Wildman–Crippen MR) is 105 cm³/mol. The molecule has 2 aromatic rings. The maximum absolute atomic E-state index is 12.8. The minimum Gasteiger partial charge on any atom is -0.379 e. The summed E-state index contributed by atoms with van der Waals surface area (Å²) in [5.41, 5.74) is 1.85. The maximum Gasteiger partial charge on any atom is 0.282 e. The van der Waals surface area contributed by atoms with E-state index in [2.05, 4.69) is 16.0 Å². The van der Waals surface area contributed by atoms with Crippen LogP contribution in [0.3, 0.4) is 0 Å². The summed E-state index contributed by atoms with van der Waals surface area (Å²) in [6, 6.07) is 9.97. The second-order valence-electron chi connectivity index (χ2n) is 6.83. The summed E-state index contributed by atoms with van der Waals surface area (Å²) in [7, 11) is -3.40. The van der Waals surface area contributed by atoms with Crippen molar-refractivity contribution in [3.05, 3.63) is 41.0 Å². The topological polar surface area (TPSA) is 66.0 Å². The Morgan fingerprint density at radius 3 is 2.41 bits per heavy atom. The molecule has 1 aromatic heterocycles. The van der Waals surface area contributed by atoms with Crippen molar-refractivity contribution in [1.82, 2.24) is 18.5 Å². The van der Waals surface area contributed by atoms with E-state index >= 15 is 0 Å². The number of benzene rings is 1. The fraction of sp³-hybridized carbons (Fsp3) is 0.500. The van der Waals surface area contributed by atoms with Gasteiger partial charge in [0.15, 0.2) is 0 Å². The zero-order chi connectivity index (χ0) is 18.9. The van der Waals surface area contributed by atoms with Gasteiger partial charge in [-0.3, -0.25) is 4.90 Å². The number of piperazine rings is 1. The summed E-state index contributed by atoms with van der Waals surface area (Å²) in [4.78, 5) is 6.70. The highest BCUT2D eigenvalue weighted by Crippen LogP contribution is 2.23. The SMILES string of the molecule is O=S(=O)(N1CCOCC1)N1CCN(Cc2cc3ccccc3nc2Cl)CC1. The van der Waals surface area contributed by atoms with E-state index in [1.54, 1.807) is 4.31 Å². The number of ether oxygens (including phenoxy) is 1. The molecule has 0 atom stereocenters. The van der Waals surface area contributed by atoms with Crippen LogP contribution in [0.2, 0.25) is 5.15 Å². The Morgan fingerprint density at radius 1 is 1.00 bits per heavy atom. The zero-order valence-electron chi connectivity index (χ0n) is 15.1. The van der Waals surface area contributed by atoms with Gasteiger partial charge in [-0.15, -0.1) is 0 Å². The molecule has 9 heteroatoms. The smallest absolute Gasteiger partial charge is 0.282 e. The van der Waals surface area contributed by atoms with Gasteiger partial charge in [-0.1, -0.05) is 29.8 Å². The molecule has 0 radical (unpaired) electrons. The normalized spacial score (nSPS) is 20.9. The lowest BCUT2D eigenvalue weighted by Crippen LogP contribution is -2.54. The van der Waals surface area contributed by atoms with Crippen LogP contribution in [-0.2, 0) is 21.5 Å². The summed E-state index contributed by atoms with van der Waals surface area (Å²) in [5.74, 6) is 0. The zero-order valence-corrected chi connectivity index (χ0v) is 16.6. The number of hydrogen-bond acceptors (Lipinski definition) is 5. The Balaban J connectivity index is 1.40. The van der Waals surface area contributed by atoms with Crippen molar-refractivity contribution in [1.29, 1.82) is 0 Å². The van der Waals surface area contributed by atoms with Gasteiger partial charge in [0.2, 0.25) is 0 Å². The van der Waals surface area contributed by atoms with E-state index in [0.717, 1.165) is 16.5 Å². The molecule has 7 nitrogen and oxygen atoms in total. The summed E-state index contributed by atoms with van der Waals surface area (Å²) >= 11 is 6.36. The molecule has 3 heterocycles. The first-order valence-corrected chi connectivity index (χ1v) is 10.9. The molecule has 0 bridgehead atoms. The average Bonchev–Trinajstić information content (AvgIpc) is 2.70. The van der Waals surface area contributed by atoms with Crippen LogP contribution >= 0.6 is 11.6 Å². The minimum absolute atomic E-state index is 0.431. The number of nitrogens with zero attached hydrogens (tertiary/aromatic N) is 4. The number of para-hydroxylation sites is 1. The van der Waals surface area contributed by atoms with Gasteiger partial charge in [-0.25, -0.2) is 4.98 Å². The standard InChI is InChI=1S/C18H23ClN4O3S/c19-18-16(13-15-3-1-2-4-17(15)20-18)14-21-5-7-22(8-6-21)27(24,25)23-9-11-26-12-10-23/h1-4,13H,5-12,14H2. The van der Waals surface area contributed by atoms with Crippen molar-refractivity contribution < 1.29 is 13.2 Å². The first-order valence-electron chi connectivity index (χ1n) is 9.13. The van der Waals surface area contributed by atoms with Gasteiger partial charge in [0.1, 0.15) is 5.15 Å². The second-order valence-corrected chi connectivity index (χ2v) is 9.11. The highest BCUT2D eigenvalue weighted by atomic mass is 35.5. The van der Waals surface area contributed by atoms with Crippen LogP contribution in [0.4, 0.5) is 0 Å². The van der Waals surface area contributed by atoms with Crippen molar-refractivity contribution >= 4 is 32.7 Å². The van der Waals surface area contributed by atoms with Gasteiger partial charge < -0.3 is 4.74 Å². The molecule has 0 spiro atoms. The molecule has 1 aromatic carbocycles. The lowest BCUT2D eigenvalue weighted by Gasteiger charge is -2.37. The first kappa shape index (κ1) is 19.0. The van der Waals surface area contributed by atoms with Crippen LogP contribution in [0.15, 0.2) is 30.3 Å². The molecule has 4 rings (SSSR count). The Labute approximate surface area is 164 Å². The van der Waals surface area contributed by atoms with Crippen molar-refractivity contribution in [2.45, 2.75) is 6.54 Å². The van der Waals surface area contributed by atoms with E-state index in [0.29, 0.717) is 64.2 Å². The Kier molecular flexibility index (Phi) is 5.63. The van der Waals surface area contributed by atoms with Crippen molar-refractivity contribution in [2.75, 3.05) is 52.5 Å². The monoisotopic (exact) mass is 410 g/mol. The number of halogens is 1. The number of pyridine rings is 1. The number of rotatable bonds is 4. The van der Waals surface area contributed by atoms with Crippen LogP contribution in [0, 0.1) is 0 Å². The van der Waals surface area contributed by atoms with Crippen LogP contribution in [0.5, 0.6) is 0 Å². The van der Waals surface area contributed by atoms with Crippen molar-refractivity contribution in [2.24, 2.45) is 0 Å². The maximum atomic E-state index is 12.8. The molecular weight excluding hydrogens is 388 g/mol. The number of fused-ring (bicyclic) bond motifs is 1. The third-order valence-corrected chi connectivity index (χ3v) is 7.46. The molecule has 0 saturated carbocycles. The third kappa shape index (κ3) is 4.11. The van der Waals surface area contributed by atoms with Gasteiger partial charge >= 0.3 is 0 Å². The molecule has 2 fully saturated rings. The number of hydrogen-bond donors (Lipinski definition) is 0. The Morgan fingerprint density at radius 2 is 1.67 bits per heavy atom. The highest BCUT2D eigenvalue weighted by molar-refractivity contribution is 7.86. The van der Waals surface area contributed by atoms with Crippen LogP contribution in [0.1, 0.15) is 5.56 Å². The number of aromatic nitrogens is 1. The average molecular weight is 411 g/mol. The number of morpholine rings is 1. The van der Waals surface area contributed by atoms with Crippen LogP contribution in [0.25, 0.3) is 10.9 Å². The Hall–Kier alpha value is -1.29. The van der Waals surface area contributed by atoms with E-state index in [-0.39, 0.29) is 0 Å². The summed E-state index contributed by atoms with van der Waals surface area (Å²) in [6.07, 6.45) is 0. The van der Waals surface area contributed by atoms with Gasteiger partial charge in [0, 0.05) is 56.8 Å². The van der Waals surface area contributed by atoms with E-state index in [1.807, 2.05) is 24.3 Å². The van der Waals surface area contributed by atoms with E-state index in [4.69, 9.17) is 16.3 Å². The van der Waals surface area contributed by atoms with Gasteiger partial charge in [0.05, 0.1) is 18.7 Å². The van der Waals surface area contributed by atoms with Crippen molar-refractivity contribution in [3.63, 3.8) is 0 Å². The Bertz CT molecular complexity index is 910. The quantitative estimate of drug-likeness (QED) is 0.716. The van der Waals surface area contributed by atoms with E-state index in [1.165, 1.54) is 4.31 Å². The second kappa shape index (κ2) is 7.98. The molecule has 2 saturated heterocycles.